The Labute approximate surface area is 128 Å². The second-order valence-corrected chi connectivity index (χ2v) is 6.63. The van der Waals surface area contributed by atoms with Gasteiger partial charge < -0.3 is 9.88 Å². The van der Waals surface area contributed by atoms with Crippen molar-refractivity contribution < 1.29 is 0 Å². The number of nitrogens with one attached hydrogen (secondary N) is 1. The fourth-order valence-corrected chi connectivity index (χ4v) is 2.97. The summed E-state index contributed by atoms with van der Waals surface area (Å²) in [4.78, 5) is 4.77. The molecule has 0 saturated carbocycles. The zero-order valence-corrected chi connectivity index (χ0v) is 14.1. The molecule has 116 valence electrons. The number of hydrogen-bond donors (Lipinski definition) is 1. The summed E-state index contributed by atoms with van der Waals surface area (Å²) in [6.45, 7) is 9.07. The van der Waals surface area contributed by atoms with Crippen LogP contribution in [0.3, 0.4) is 0 Å². The lowest BCUT2D eigenvalue weighted by Gasteiger charge is -2.20. The number of hydrogen-bond acceptors (Lipinski definition) is 2. The summed E-state index contributed by atoms with van der Waals surface area (Å²) in [5.74, 6) is 1.92. The highest BCUT2D eigenvalue weighted by Crippen LogP contribution is 2.20. The second kappa shape index (κ2) is 7.08. The maximum absolute atomic E-state index is 4.77. The molecule has 0 spiro atoms. The Bertz CT molecular complexity index is 571. The number of imidazole rings is 1. The van der Waals surface area contributed by atoms with Gasteiger partial charge in [-0.1, -0.05) is 38.8 Å². The number of aromatic nitrogens is 2. The first-order valence-corrected chi connectivity index (χ1v) is 8.16. The van der Waals surface area contributed by atoms with E-state index in [2.05, 4.69) is 62.8 Å². The maximum atomic E-state index is 4.77. The third-order valence-corrected chi connectivity index (χ3v) is 4.16. The number of para-hydroxylation sites is 2. The van der Waals surface area contributed by atoms with Gasteiger partial charge in [0.2, 0.25) is 0 Å². The lowest BCUT2D eigenvalue weighted by molar-refractivity contribution is 0.411. The Morgan fingerprint density at radius 2 is 1.81 bits per heavy atom. The van der Waals surface area contributed by atoms with Crippen molar-refractivity contribution in [1.29, 1.82) is 0 Å². The molecule has 3 heteroatoms. The number of rotatable bonds is 7. The van der Waals surface area contributed by atoms with Crippen LogP contribution in [0.4, 0.5) is 0 Å². The van der Waals surface area contributed by atoms with E-state index in [1.807, 2.05) is 6.07 Å². The highest BCUT2D eigenvalue weighted by molar-refractivity contribution is 5.75. The normalized spacial score (nSPS) is 14.8. The van der Waals surface area contributed by atoms with E-state index >= 15 is 0 Å². The first kappa shape index (κ1) is 16.0. The van der Waals surface area contributed by atoms with Gasteiger partial charge in [0.25, 0.3) is 0 Å². The Morgan fingerprint density at radius 1 is 1.10 bits per heavy atom. The van der Waals surface area contributed by atoms with Crippen LogP contribution >= 0.6 is 0 Å². The van der Waals surface area contributed by atoms with Gasteiger partial charge in [-0.2, -0.15) is 0 Å². The molecule has 1 aromatic heterocycles. The lowest BCUT2D eigenvalue weighted by Crippen LogP contribution is -2.30. The molecule has 1 N–H and O–H groups in total. The predicted octanol–water partition coefficient (Wildman–Crippen LogP) is 4.44. The maximum Gasteiger partial charge on any atom is 0.126 e. The molecule has 0 aliphatic rings. The number of nitrogens with zero attached hydrogens (tertiary/aromatic N) is 2. The SMILES string of the molecule is CC(C)CCCC(C)NC(C)c1nc2ccccc2n1C. The molecule has 2 unspecified atom stereocenters. The van der Waals surface area contributed by atoms with Gasteiger partial charge in [0.15, 0.2) is 0 Å². The predicted molar refractivity (Wildman–Crippen MR) is 90.4 cm³/mol. The van der Waals surface area contributed by atoms with Crippen molar-refractivity contribution in [2.45, 2.75) is 59.0 Å². The van der Waals surface area contributed by atoms with Crippen LogP contribution in [0.15, 0.2) is 24.3 Å². The standard InChI is InChI=1S/C18H29N3/c1-13(2)9-8-10-14(3)19-15(4)18-20-16-11-6-7-12-17(16)21(18)5/h6-7,11-15,19H,8-10H2,1-5H3. The van der Waals surface area contributed by atoms with Crippen LogP contribution < -0.4 is 5.32 Å². The van der Waals surface area contributed by atoms with Crippen LogP contribution in [0.25, 0.3) is 11.0 Å². The van der Waals surface area contributed by atoms with E-state index in [4.69, 9.17) is 4.98 Å². The highest BCUT2D eigenvalue weighted by Gasteiger charge is 2.16. The van der Waals surface area contributed by atoms with E-state index in [0.717, 1.165) is 17.3 Å². The molecule has 1 heterocycles. The summed E-state index contributed by atoms with van der Waals surface area (Å²) in [7, 11) is 2.10. The van der Waals surface area contributed by atoms with Crippen molar-refractivity contribution in [3.8, 4) is 0 Å². The minimum absolute atomic E-state index is 0.274. The number of fused-ring (bicyclic) bond motifs is 1. The quantitative estimate of drug-likeness (QED) is 0.816. The fraction of sp³-hybridized carbons (Fsp3) is 0.611. The summed E-state index contributed by atoms with van der Waals surface area (Å²) in [6, 6.07) is 9.13. The molecule has 0 fully saturated rings. The summed E-state index contributed by atoms with van der Waals surface area (Å²) >= 11 is 0. The Balaban J connectivity index is 1.98. The summed E-state index contributed by atoms with van der Waals surface area (Å²) < 4.78 is 2.20. The molecule has 2 atom stereocenters. The molecule has 0 aliphatic carbocycles. The van der Waals surface area contributed by atoms with Gasteiger partial charge in [-0.3, -0.25) is 0 Å². The second-order valence-electron chi connectivity index (χ2n) is 6.63. The van der Waals surface area contributed by atoms with Crippen molar-refractivity contribution in [1.82, 2.24) is 14.9 Å². The van der Waals surface area contributed by atoms with Crippen LogP contribution in [-0.2, 0) is 7.05 Å². The van der Waals surface area contributed by atoms with Gasteiger partial charge in [-0.25, -0.2) is 4.98 Å². The molecule has 0 bridgehead atoms. The molecule has 21 heavy (non-hydrogen) atoms. The molecule has 0 saturated heterocycles. The van der Waals surface area contributed by atoms with Crippen LogP contribution in [-0.4, -0.2) is 15.6 Å². The Morgan fingerprint density at radius 3 is 2.48 bits per heavy atom. The third kappa shape index (κ3) is 4.07. The fourth-order valence-electron chi connectivity index (χ4n) is 2.97. The topological polar surface area (TPSA) is 29.9 Å². The van der Waals surface area contributed by atoms with Crippen molar-refractivity contribution in [3.63, 3.8) is 0 Å². The molecule has 0 aliphatic heterocycles. The molecule has 2 rings (SSSR count). The van der Waals surface area contributed by atoms with Gasteiger partial charge in [0.05, 0.1) is 17.1 Å². The average molecular weight is 287 g/mol. The minimum atomic E-state index is 0.274. The van der Waals surface area contributed by atoms with Crippen LogP contribution in [0.5, 0.6) is 0 Å². The zero-order chi connectivity index (χ0) is 15.4. The Hall–Kier alpha value is -1.35. The van der Waals surface area contributed by atoms with Crippen LogP contribution in [0, 0.1) is 5.92 Å². The molecule has 3 nitrogen and oxygen atoms in total. The van der Waals surface area contributed by atoms with Crippen LogP contribution in [0.1, 0.15) is 58.8 Å². The van der Waals surface area contributed by atoms with Gasteiger partial charge in [0.1, 0.15) is 5.82 Å². The van der Waals surface area contributed by atoms with E-state index in [-0.39, 0.29) is 6.04 Å². The molecular formula is C18H29N3. The average Bonchev–Trinajstić information content (AvgIpc) is 2.76. The Kier molecular flexibility index (Phi) is 5.40. The summed E-state index contributed by atoms with van der Waals surface area (Å²) in [6.07, 6.45) is 3.83. The molecule has 0 amide bonds. The van der Waals surface area contributed by atoms with Gasteiger partial charge in [0, 0.05) is 13.1 Å². The van der Waals surface area contributed by atoms with Crippen LogP contribution in [0.2, 0.25) is 0 Å². The number of benzene rings is 1. The molecule has 1 aromatic carbocycles. The molecular weight excluding hydrogens is 258 g/mol. The summed E-state index contributed by atoms with van der Waals surface area (Å²) in [5, 5.41) is 3.69. The zero-order valence-electron chi connectivity index (χ0n) is 14.1. The lowest BCUT2D eigenvalue weighted by atomic mass is 10.0. The van der Waals surface area contributed by atoms with E-state index in [0.29, 0.717) is 6.04 Å². The smallest absolute Gasteiger partial charge is 0.126 e. The first-order chi connectivity index (χ1) is 9.99. The van der Waals surface area contributed by atoms with Gasteiger partial charge >= 0.3 is 0 Å². The van der Waals surface area contributed by atoms with Gasteiger partial charge in [-0.05, 0) is 38.3 Å². The van der Waals surface area contributed by atoms with Crippen molar-refractivity contribution in [3.05, 3.63) is 30.1 Å². The van der Waals surface area contributed by atoms with E-state index in [9.17, 15) is 0 Å². The molecule has 0 radical (unpaired) electrons. The minimum Gasteiger partial charge on any atom is -0.330 e. The van der Waals surface area contributed by atoms with Crippen molar-refractivity contribution in [2.24, 2.45) is 13.0 Å². The first-order valence-electron chi connectivity index (χ1n) is 8.16. The number of aryl methyl sites for hydroxylation is 1. The van der Waals surface area contributed by atoms with Crippen molar-refractivity contribution in [2.75, 3.05) is 0 Å². The third-order valence-electron chi connectivity index (χ3n) is 4.16. The van der Waals surface area contributed by atoms with E-state index in [1.165, 1.54) is 24.8 Å². The monoisotopic (exact) mass is 287 g/mol. The summed E-state index contributed by atoms with van der Waals surface area (Å²) in [5.41, 5.74) is 2.28. The van der Waals surface area contributed by atoms with E-state index < -0.39 is 0 Å². The highest BCUT2D eigenvalue weighted by atomic mass is 15.1. The van der Waals surface area contributed by atoms with Gasteiger partial charge in [-0.15, -0.1) is 0 Å². The largest absolute Gasteiger partial charge is 0.330 e. The van der Waals surface area contributed by atoms with Crippen molar-refractivity contribution >= 4 is 11.0 Å². The van der Waals surface area contributed by atoms with E-state index in [1.54, 1.807) is 0 Å². The molecule has 2 aromatic rings.